The summed E-state index contributed by atoms with van der Waals surface area (Å²) in [6.45, 7) is 0.940. The van der Waals surface area contributed by atoms with Crippen LogP contribution < -0.4 is 0 Å². The van der Waals surface area contributed by atoms with Crippen LogP contribution in [-0.2, 0) is 16.4 Å². The van der Waals surface area contributed by atoms with Gasteiger partial charge >= 0.3 is 0 Å². The van der Waals surface area contributed by atoms with Gasteiger partial charge in [0.15, 0.2) is 9.84 Å². The first-order chi connectivity index (χ1) is 8.63. The Hall–Kier alpha value is -0.880. The fraction of sp³-hybridized carbons (Fsp3) is 0.750. The highest BCUT2D eigenvalue weighted by atomic mass is 32.2. The summed E-state index contributed by atoms with van der Waals surface area (Å²) in [4.78, 5) is 4.35. The molecular weight excluding hydrogens is 252 g/mol. The van der Waals surface area contributed by atoms with Gasteiger partial charge < -0.3 is 9.67 Å². The van der Waals surface area contributed by atoms with Crippen LogP contribution in [0.5, 0.6) is 0 Å². The Bertz CT molecular complexity index is 550. The molecule has 5 nitrogen and oxygen atoms in total. The van der Waals surface area contributed by atoms with E-state index in [-0.39, 0.29) is 18.3 Å². The predicted octanol–water partition coefficient (Wildman–Crippen LogP) is 1.00. The highest BCUT2D eigenvalue weighted by Crippen LogP contribution is 2.37. The summed E-state index contributed by atoms with van der Waals surface area (Å²) in [6.07, 6.45) is 5.11. The summed E-state index contributed by atoms with van der Waals surface area (Å²) >= 11 is 0. The molecule has 1 saturated heterocycles. The normalized spacial score (nSPS) is 30.3. The first-order valence-electron chi connectivity index (χ1n) is 6.51. The van der Waals surface area contributed by atoms with Crippen LogP contribution in [0, 0.1) is 0 Å². The molecule has 1 aromatic heterocycles. The second-order valence-electron chi connectivity index (χ2n) is 5.21. The molecule has 1 N–H and O–H groups in total. The minimum absolute atomic E-state index is 0.114. The number of fused-ring (bicyclic) bond motifs is 1. The first-order valence-corrected chi connectivity index (χ1v) is 8.23. The lowest BCUT2D eigenvalue weighted by atomic mass is 9.97. The molecule has 0 spiro atoms. The SMILES string of the molecule is O=S1(=O)CCCC1c1ncc2n1CCCC2CO. The van der Waals surface area contributed by atoms with Crippen molar-refractivity contribution in [1.82, 2.24) is 9.55 Å². The van der Waals surface area contributed by atoms with E-state index in [1.807, 2.05) is 4.57 Å². The van der Waals surface area contributed by atoms with Crippen LogP contribution in [0.15, 0.2) is 6.20 Å². The van der Waals surface area contributed by atoms with E-state index in [1.165, 1.54) is 0 Å². The molecule has 1 aromatic rings. The van der Waals surface area contributed by atoms with Gasteiger partial charge in [0, 0.05) is 24.4 Å². The molecule has 6 heteroatoms. The van der Waals surface area contributed by atoms with Crippen molar-refractivity contribution in [2.45, 2.75) is 43.4 Å². The number of aliphatic hydroxyl groups excluding tert-OH is 1. The molecule has 2 atom stereocenters. The van der Waals surface area contributed by atoms with E-state index in [2.05, 4.69) is 4.98 Å². The van der Waals surface area contributed by atoms with Crippen molar-refractivity contribution >= 4 is 9.84 Å². The summed E-state index contributed by atoms with van der Waals surface area (Å²) in [7, 11) is -3.01. The highest BCUT2D eigenvalue weighted by Gasteiger charge is 2.37. The van der Waals surface area contributed by atoms with Crippen molar-refractivity contribution in [3.63, 3.8) is 0 Å². The molecule has 3 heterocycles. The third kappa shape index (κ3) is 1.78. The first kappa shape index (κ1) is 12.2. The van der Waals surface area contributed by atoms with Gasteiger partial charge in [0.2, 0.25) is 0 Å². The van der Waals surface area contributed by atoms with Crippen molar-refractivity contribution in [2.75, 3.05) is 12.4 Å². The summed E-state index contributed by atoms with van der Waals surface area (Å²) in [5, 5.41) is 8.93. The summed E-state index contributed by atoms with van der Waals surface area (Å²) in [5.74, 6) is 1.09. The van der Waals surface area contributed by atoms with E-state index in [4.69, 9.17) is 0 Å². The van der Waals surface area contributed by atoms with Gasteiger partial charge in [-0.25, -0.2) is 13.4 Å². The molecule has 0 saturated carbocycles. The molecular formula is C12H18N2O3S. The average molecular weight is 270 g/mol. The Morgan fingerprint density at radius 3 is 2.89 bits per heavy atom. The average Bonchev–Trinajstić information content (AvgIpc) is 2.91. The van der Waals surface area contributed by atoms with Gasteiger partial charge in [0.25, 0.3) is 0 Å². The van der Waals surface area contributed by atoms with E-state index in [9.17, 15) is 13.5 Å². The van der Waals surface area contributed by atoms with Crippen LogP contribution >= 0.6 is 0 Å². The van der Waals surface area contributed by atoms with Gasteiger partial charge in [-0.3, -0.25) is 0 Å². The fourth-order valence-corrected chi connectivity index (χ4v) is 5.03. The maximum atomic E-state index is 12.0. The van der Waals surface area contributed by atoms with Gasteiger partial charge in [-0.1, -0.05) is 0 Å². The van der Waals surface area contributed by atoms with Gasteiger partial charge in [0.05, 0.1) is 12.4 Å². The number of hydrogen-bond donors (Lipinski definition) is 1. The smallest absolute Gasteiger partial charge is 0.160 e. The zero-order chi connectivity index (χ0) is 12.8. The van der Waals surface area contributed by atoms with Crippen LogP contribution in [0.4, 0.5) is 0 Å². The lowest BCUT2D eigenvalue weighted by Crippen LogP contribution is -2.21. The van der Waals surface area contributed by atoms with E-state index >= 15 is 0 Å². The molecule has 100 valence electrons. The minimum atomic E-state index is -3.01. The van der Waals surface area contributed by atoms with Crippen LogP contribution in [0.1, 0.15) is 48.4 Å². The van der Waals surface area contributed by atoms with E-state index in [0.717, 1.165) is 31.5 Å². The lowest BCUT2D eigenvalue weighted by Gasteiger charge is -2.24. The molecule has 1 fully saturated rings. The van der Waals surface area contributed by atoms with Crippen LogP contribution in [0.3, 0.4) is 0 Å². The van der Waals surface area contributed by atoms with Crippen LogP contribution in [-0.4, -0.2) is 35.4 Å². The maximum absolute atomic E-state index is 12.0. The number of sulfone groups is 1. The second kappa shape index (κ2) is 4.35. The Balaban J connectivity index is 2.02. The Labute approximate surface area is 107 Å². The zero-order valence-corrected chi connectivity index (χ0v) is 11.1. The molecule has 2 aliphatic rings. The molecule has 2 aliphatic heterocycles. The Kier molecular flexibility index (Phi) is 2.94. The van der Waals surface area contributed by atoms with Gasteiger partial charge in [-0.15, -0.1) is 0 Å². The van der Waals surface area contributed by atoms with Crippen molar-refractivity contribution < 1.29 is 13.5 Å². The molecule has 0 aliphatic carbocycles. The fourth-order valence-electron chi connectivity index (χ4n) is 3.14. The Morgan fingerprint density at radius 2 is 2.22 bits per heavy atom. The number of nitrogens with zero attached hydrogens (tertiary/aromatic N) is 2. The molecule has 0 bridgehead atoms. The van der Waals surface area contributed by atoms with E-state index in [1.54, 1.807) is 6.20 Å². The second-order valence-corrected chi connectivity index (χ2v) is 7.52. The van der Waals surface area contributed by atoms with Gasteiger partial charge in [-0.05, 0) is 25.7 Å². The number of aromatic nitrogens is 2. The summed E-state index contributed by atoms with van der Waals surface area (Å²) in [5.41, 5.74) is 1.00. The highest BCUT2D eigenvalue weighted by molar-refractivity contribution is 7.91. The van der Waals surface area contributed by atoms with Crippen molar-refractivity contribution in [1.29, 1.82) is 0 Å². The summed E-state index contributed by atoms with van der Waals surface area (Å²) in [6, 6.07) is 0. The Morgan fingerprint density at radius 1 is 1.39 bits per heavy atom. The molecule has 3 rings (SSSR count). The predicted molar refractivity (Wildman–Crippen MR) is 67.0 cm³/mol. The summed E-state index contributed by atoms with van der Waals surface area (Å²) < 4.78 is 26.0. The van der Waals surface area contributed by atoms with Crippen molar-refractivity contribution in [3.8, 4) is 0 Å². The molecule has 0 aromatic carbocycles. The standard InChI is InChI=1S/C12H18N2O3S/c15-8-9-3-1-5-14-10(9)7-13-12(14)11-4-2-6-18(11,16)17/h7,9,11,15H,1-6,8H2. The van der Waals surface area contributed by atoms with E-state index < -0.39 is 15.1 Å². The molecule has 18 heavy (non-hydrogen) atoms. The topological polar surface area (TPSA) is 72.2 Å². The molecule has 0 amide bonds. The number of aliphatic hydroxyl groups is 1. The largest absolute Gasteiger partial charge is 0.396 e. The van der Waals surface area contributed by atoms with Crippen LogP contribution in [0.2, 0.25) is 0 Å². The monoisotopic (exact) mass is 270 g/mol. The van der Waals surface area contributed by atoms with Crippen LogP contribution in [0.25, 0.3) is 0 Å². The van der Waals surface area contributed by atoms with Crippen molar-refractivity contribution in [3.05, 3.63) is 17.7 Å². The molecule has 0 radical (unpaired) electrons. The maximum Gasteiger partial charge on any atom is 0.160 e. The molecule has 2 unspecified atom stereocenters. The third-order valence-electron chi connectivity index (χ3n) is 4.11. The number of rotatable bonds is 2. The number of hydrogen-bond acceptors (Lipinski definition) is 4. The quantitative estimate of drug-likeness (QED) is 0.870. The van der Waals surface area contributed by atoms with Gasteiger partial charge in [-0.2, -0.15) is 0 Å². The van der Waals surface area contributed by atoms with Crippen molar-refractivity contribution in [2.24, 2.45) is 0 Å². The lowest BCUT2D eigenvalue weighted by molar-refractivity contribution is 0.240. The van der Waals surface area contributed by atoms with Gasteiger partial charge in [0.1, 0.15) is 11.1 Å². The number of imidazole rings is 1. The van der Waals surface area contributed by atoms with E-state index in [0.29, 0.717) is 12.2 Å². The minimum Gasteiger partial charge on any atom is -0.396 e. The third-order valence-corrected chi connectivity index (χ3v) is 6.28. The zero-order valence-electron chi connectivity index (χ0n) is 10.2.